The molecule has 2 amide bonds. The van der Waals surface area contributed by atoms with E-state index in [9.17, 15) is 14.0 Å². The fourth-order valence-corrected chi connectivity index (χ4v) is 5.36. The number of hydrogen-bond donors (Lipinski definition) is 2. The molecule has 0 spiro atoms. The van der Waals surface area contributed by atoms with E-state index >= 15 is 0 Å². The Morgan fingerprint density at radius 2 is 1.85 bits per heavy atom. The summed E-state index contributed by atoms with van der Waals surface area (Å²) in [7, 11) is 0. The molecule has 33 heavy (non-hydrogen) atoms. The second kappa shape index (κ2) is 8.89. The van der Waals surface area contributed by atoms with Gasteiger partial charge in [0, 0.05) is 23.9 Å². The second-order valence-corrected chi connectivity index (χ2v) is 9.19. The van der Waals surface area contributed by atoms with Crippen molar-refractivity contribution in [2.45, 2.75) is 6.92 Å². The highest BCUT2D eigenvalue weighted by Crippen LogP contribution is 2.30. The van der Waals surface area contributed by atoms with Crippen LogP contribution in [0.15, 0.2) is 35.7 Å². The molecule has 1 aliphatic heterocycles. The van der Waals surface area contributed by atoms with E-state index in [0.29, 0.717) is 23.8 Å². The highest BCUT2D eigenvalue weighted by molar-refractivity contribution is 7.20. The van der Waals surface area contributed by atoms with Crippen LogP contribution >= 0.6 is 22.7 Å². The number of benzene rings is 1. The van der Waals surface area contributed by atoms with Crippen molar-refractivity contribution >= 4 is 49.8 Å². The van der Waals surface area contributed by atoms with E-state index in [4.69, 9.17) is 4.74 Å². The summed E-state index contributed by atoms with van der Waals surface area (Å²) in [5.41, 5.74) is 6.54. The molecule has 4 heterocycles. The molecular formula is C21H19FN6O3S2. The maximum atomic E-state index is 13.3. The molecule has 1 fully saturated rings. The summed E-state index contributed by atoms with van der Waals surface area (Å²) in [5, 5.41) is 7.71. The molecule has 3 aromatic heterocycles. The number of carbonyl (C=O) groups is 2. The van der Waals surface area contributed by atoms with Crippen molar-refractivity contribution in [1.82, 2.24) is 25.6 Å². The molecule has 0 bridgehead atoms. The summed E-state index contributed by atoms with van der Waals surface area (Å²) in [6.07, 6.45) is 0. The van der Waals surface area contributed by atoms with Crippen molar-refractivity contribution in [3.05, 3.63) is 57.8 Å². The maximum Gasteiger partial charge on any atom is 0.289 e. The van der Waals surface area contributed by atoms with Crippen LogP contribution in [0.1, 0.15) is 25.9 Å². The predicted molar refractivity (Wildman–Crippen MR) is 124 cm³/mol. The molecule has 1 saturated heterocycles. The van der Waals surface area contributed by atoms with Crippen molar-refractivity contribution in [3.8, 4) is 5.69 Å². The first-order valence-corrected chi connectivity index (χ1v) is 11.8. The first kappa shape index (κ1) is 21.5. The number of thiazole rings is 1. The topological polar surface area (TPSA) is 101 Å². The van der Waals surface area contributed by atoms with Gasteiger partial charge in [0.2, 0.25) is 0 Å². The summed E-state index contributed by atoms with van der Waals surface area (Å²) in [6, 6.07) is 7.69. The number of aryl methyl sites for hydroxylation is 1. The van der Waals surface area contributed by atoms with E-state index < -0.39 is 11.8 Å². The van der Waals surface area contributed by atoms with Crippen LogP contribution in [0.2, 0.25) is 0 Å². The molecule has 9 nitrogen and oxygen atoms in total. The van der Waals surface area contributed by atoms with E-state index in [-0.39, 0.29) is 11.5 Å². The van der Waals surface area contributed by atoms with Crippen molar-refractivity contribution in [2.24, 2.45) is 0 Å². The highest BCUT2D eigenvalue weighted by atomic mass is 32.1. The van der Waals surface area contributed by atoms with Gasteiger partial charge in [-0.1, -0.05) is 0 Å². The average molecular weight is 487 g/mol. The van der Waals surface area contributed by atoms with Gasteiger partial charge in [0.25, 0.3) is 11.8 Å². The Kier molecular flexibility index (Phi) is 5.79. The van der Waals surface area contributed by atoms with Gasteiger partial charge in [-0.2, -0.15) is 5.10 Å². The van der Waals surface area contributed by atoms with Crippen LogP contribution in [0.4, 0.5) is 9.52 Å². The number of hydrogen-bond acceptors (Lipinski definition) is 8. The third kappa shape index (κ3) is 4.32. The lowest BCUT2D eigenvalue weighted by Crippen LogP contribution is -2.41. The molecule has 1 aromatic carbocycles. The van der Waals surface area contributed by atoms with Crippen molar-refractivity contribution in [2.75, 3.05) is 31.2 Å². The Labute approximate surface area is 195 Å². The molecule has 0 unspecified atom stereocenters. The van der Waals surface area contributed by atoms with Crippen molar-refractivity contribution in [1.29, 1.82) is 0 Å². The van der Waals surface area contributed by atoms with E-state index in [1.165, 1.54) is 34.8 Å². The van der Waals surface area contributed by atoms with Gasteiger partial charge in [0.1, 0.15) is 16.3 Å². The minimum absolute atomic E-state index is 0.237. The zero-order valence-electron chi connectivity index (χ0n) is 17.5. The predicted octanol–water partition coefficient (Wildman–Crippen LogP) is 2.90. The third-order valence-electron chi connectivity index (χ3n) is 5.14. The molecule has 2 N–H and O–H groups in total. The Hall–Kier alpha value is -3.35. The fourth-order valence-electron chi connectivity index (χ4n) is 3.42. The Morgan fingerprint density at radius 3 is 2.61 bits per heavy atom. The minimum atomic E-state index is -0.492. The molecular weight excluding hydrogens is 467 g/mol. The first-order valence-electron chi connectivity index (χ1n) is 10.1. The monoisotopic (exact) mass is 486 g/mol. The molecule has 4 aromatic rings. The molecule has 0 radical (unpaired) electrons. The number of nitrogens with one attached hydrogen (secondary N) is 2. The number of morpholine rings is 1. The number of anilines is 1. The first-order chi connectivity index (χ1) is 16.0. The van der Waals surface area contributed by atoms with Gasteiger partial charge in [-0.25, -0.2) is 14.1 Å². The smallest absolute Gasteiger partial charge is 0.289 e. The normalized spacial score (nSPS) is 13.9. The zero-order valence-corrected chi connectivity index (χ0v) is 19.1. The van der Waals surface area contributed by atoms with E-state index in [1.54, 1.807) is 28.3 Å². The Bertz CT molecular complexity index is 1320. The summed E-state index contributed by atoms with van der Waals surface area (Å²) >= 11 is 2.61. The summed E-state index contributed by atoms with van der Waals surface area (Å²) in [6.45, 7) is 4.56. The number of nitrogens with zero attached hydrogens (tertiary/aromatic N) is 4. The van der Waals surface area contributed by atoms with Crippen LogP contribution in [0.3, 0.4) is 0 Å². The zero-order chi connectivity index (χ0) is 22.9. The number of ether oxygens (including phenoxy) is 1. The number of halogens is 1. The number of amides is 2. The molecule has 0 saturated carbocycles. The Morgan fingerprint density at radius 1 is 1.12 bits per heavy atom. The average Bonchev–Trinajstić information content (AvgIpc) is 3.56. The lowest BCUT2D eigenvalue weighted by Gasteiger charge is -2.25. The fraction of sp³-hybridized carbons (Fsp3) is 0.238. The number of aromatic nitrogens is 3. The van der Waals surface area contributed by atoms with Crippen LogP contribution in [-0.2, 0) is 4.74 Å². The van der Waals surface area contributed by atoms with E-state index in [0.717, 1.165) is 34.1 Å². The largest absolute Gasteiger partial charge is 0.378 e. The molecule has 12 heteroatoms. The van der Waals surface area contributed by atoms with Gasteiger partial charge in [-0.05, 0) is 37.3 Å². The number of rotatable bonds is 4. The molecule has 1 aliphatic rings. The molecule has 0 aliphatic carbocycles. The standard InChI is InChI=1S/C21H19FN6O3S2/c1-12-15-10-17(33-20(15)28(26-12)14-4-2-13(22)3-5-14)19(30)25-24-18(29)16-11-32-21(23-16)27-6-8-31-9-7-27/h2-5,10-11H,6-9H2,1H3,(H,24,29)(H,25,30). The number of carbonyl (C=O) groups excluding carboxylic acids is 2. The van der Waals surface area contributed by atoms with Gasteiger partial charge in [0.15, 0.2) is 5.13 Å². The maximum absolute atomic E-state index is 13.3. The van der Waals surface area contributed by atoms with Crippen LogP contribution in [0.25, 0.3) is 15.9 Å². The van der Waals surface area contributed by atoms with Gasteiger partial charge < -0.3 is 9.64 Å². The lowest BCUT2D eigenvalue weighted by molar-refractivity contribution is 0.0846. The number of hydrazine groups is 1. The Balaban J connectivity index is 1.27. The molecule has 170 valence electrons. The van der Waals surface area contributed by atoms with Gasteiger partial charge in [0.05, 0.1) is 29.5 Å². The van der Waals surface area contributed by atoms with Crippen LogP contribution < -0.4 is 15.8 Å². The third-order valence-corrected chi connectivity index (χ3v) is 7.15. The molecule has 0 atom stereocenters. The van der Waals surface area contributed by atoms with Crippen LogP contribution in [0, 0.1) is 12.7 Å². The highest BCUT2D eigenvalue weighted by Gasteiger charge is 2.20. The minimum Gasteiger partial charge on any atom is -0.378 e. The number of fused-ring (bicyclic) bond motifs is 1. The summed E-state index contributed by atoms with van der Waals surface area (Å²) < 4.78 is 20.3. The number of thiophene rings is 1. The summed E-state index contributed by atoms with van der Waals surface area (Å²) in [4.78, 5) is 32.7. The quantitative estimate of drug-likeness (QED) is 0.430. The van der Waals surface area contributed by atoms with Gasteiger partial charge in [-0.3, -0.25) is 20.4 Å². The van der Waals surface area contributed by atoms with Gasteiger partial charge in [-0.15, -0.1) is 22.7 Å². The van der Waals surface area contributed by atoms with Crippen LogP contribution in [0.5, 0.6) is 0 Å². The lowest BCUT2D eigenvalue weighted by atomic mass is 10.3. The molecule has 5 rings (SSSR count). The van der Waals surface area contributed by atoms with Crippen molar-refractivity contribution in [3.63, 3.8) is 0 Å². The SMILES string of the molecule is Cc1nn(-c2ccc(F)cc2)c2sc(C(=O)NNC(=O)c3csc(N4CCOCC4)n3)cc12. The van der Waals surface area contributed by atoms with Crippen LogP contribution in [-0.4, -0.2) is 52.9 Å². The van der Waals surface area contributed by atoms with Crippen molar-refractivity contribution < 1.29 is 18.7 Å². The second-order valence-electron chi connectivity index (χ2n) is 7.33. The summed E-state index contributed by atoms with van der Waals surface area (Å²) in [5.74, 6) is -1.27. The van der Waals surface area contributed by atoms with E-state index in [2.05, 4.69) is 25.8 Å². The van der Waals surface area contributed by atoms with E-state index in [1.807, 2.05) is 6.92 Å². The van der Waals surface area contributed by atoms with Gasteiger partial charge >= 0.3 is 0 Å².